The van der Waals surface area contributed by atoms with Gasteiger partial charge in [0.15, 0.2) is 5.82 Å². The highest BCUT2D eigenvalue weighted by Crippen LogP contribution is 2.18. The molecule has 0 aliphatic carbocycles. The number of pyridine rings is 1. The number of nitrogens with one attached hydrogen (secondary N) is 2. The molecule has 0 aliphatic heterocycles. The second-order valence-corrected chi connectivity index (χ2v) is 4.53. The van der Waals surface area contributed by atoms with Gasteiger partial charge in [0.05, 0.1) is 5.56 Å². The fourth-order valence-electron chi connectivity index (χ4n) is 1.18. The number of rotatable bonds is 2. The lowest BCUT2D eigenvalue weighted by molar-refractivity contribution is 0.102. The van der Waals surface area contributed by atoms with Gasteiger partial charge < -0.3 is 5.32 Å². The zero-order valence-corrected chi connectivity index (χ0v) is 11.1. The summed E-state index contributed by atoms with van der Waals surface area (Å²) >= 11 is 9.01. The minimum absolute atomic E-state index is 0.0834. The van der Waals surface area contributed by atoms with Crippen LogP contribution >= 0.6 is 27.5 Å². The number of anilines is 1. The predicted octanol–water partition coefficient (Wildman–Crippen LogP) is 1.83. The van der Waals surface area contributed by atoms with Gasteiger partial charge in [-0.05, 0) is 28.1 Å². The van der Waals surface area contributed by atoms with Crippen LogP contribution in [-0.4, -0.2) is 21.1 Å². The molecule has 2 aromatic rings. The summed E-state index contributed by atoms with van der Waals surface area (Å²) in [7, 11) is 0. The van der Waals surface area contributed by atoms with Crippen LogP contribution in [0, 0.1) is 0 Å². The first kappa shape index (κ1) is 12.7. The van der Waals surface area contributed by atoms with Crippen molar-refractivity contribution in [1.82, 2.24) is 15.2 Å². The number of nitrogens with zero attached hydrogens (tertiary/aromatic N) is 2. The van der Waals surface area contributed by atoms with E-state index in [9.17, 15) is 9.59 Å². The van der Waals surface area contributed by atoms with Crippen molar-refractivity contribution in [2.75, 3.05) is 5.32 Å². The van der Waals surface area contributed by atoms with Crippen LogP contribution in [0.2, 0.25) is 5.15 Å². The fourth-order valence-corrected chi connectivity index (χ4v) is 1.70. The molecule has 0 unspecified atom stereocenters. The second-order valence-electron chi connectivity index (χ2n) is 3.25. The number of aromatic amines is 1. The van der Waals surface area contributed by atoms with E-state index in [1.54, 1.807) is 0 Å². The largest absolute Gasteiger partial charge is 0.305 e. The topological polar surface area (TPSA) is 87.7 Å². The molecule has 6 nitrogen and oxygen atoms in total. The van der Waals surface area contributed by atoms with Crippen molar-refractivity contribution in [3.05, 3.63) is 49.9 Å². The molecular weight excluding hydrogens is 323 g/mol. The maximum atomic E-state index is 11.9. The van der Waals surface area contributed by atoms with Gasteiger partial charge in [-0.3, -0.25) is 9.59 Å². The molecule has 0 aliphatic rings. The molecule has 2 heterocycles. The van der Waals surface area contributed by atoms with Gasteiger partial charge in [-0.15, -0.1) is 0 Å². The van der Waals surface area contributed by atoms with Crippen LogP contribution in [0.3, 0.4) is 0 Å². The van der Waals surface area contributed by atoms with E-state index in [-0.39, 0.29) is 22.1 Å². The molecule has 0 spiro atoms. The van der Waals surface area contributed by atoms with E-state index in [1.165, 1.54) is 24.4 Å². The summed E-state index contributed by atoms with van der Waals surface area (Å²) in [5.41, 5.74) is -0.144. The normalized spacial score (nSPS) is 10.1. The zero-order valence-electron chi connectivity index (χ0n) is 8.78. The third-order valence-corrected chi connectivity index (χ3v) is 2.71. The van der Waals surface area contributed by atoms with Crippen LogP contribution in [0.25, 0.3) is 0 Å². The van der Waals surface area contributed by atoms with Gasteiger partial charge in [0.1, 0.15) is 5.15 Å². The quantitative estimate of drug-likeness (QED) is 0.823. The number of hydrogen-bond donors (Lipinski definition) is 2. The molecule has 2 rings (SSSR count). The average Bonchev–Trinajstić information content (AvgIpc) is 2.35. The SMILES string of the molecule is O=C(Nc1ccc(=O)[nH]n1)c1cc(Br)cnc1Cl. The molecule has 0 saturated heterocycles. The van der Waals surface area contributed by atoms with E-state index >= 15 is 0 Å². The van der Waals surface area contributed by atoms with Gasteiger partial charge in [0, 0.05) is 16.7 Å². The van der Waals surface area contributed by atoms with Gasteiger partial charge in [-0.25, -0.2) is 10.1 Å². The highest BCUT2D eigenvalue weighted by atomic mass is 79.9. The number of halogens is 2. The van der Waals surface area contributed by atoms with Crippen LogP contribution in [0.1, 0.15) is 10.4 Å². The van der Waals surface area contributed by atoms with Crippen molar-refractivity contribution in [2.24, 2.45) is 0 Å². The molecule has 1 amide bonds. The lowest BCUT2D eigenvalue weighted by Crippen LogP contribution is -2.16. The number of aromatic nitrogens is 3. The highest BCUT2D eigenvalue weighted by Gasteiger charge is 2.12. The summed E-state index contributed by atoms with van der Waals surface area (Å²) in [6, 6.07) is 4.18. The Kier molecular flexibility index (Phi) is 3.73. The molecule has 92 valence electrons. The zero-order chi connectivity index (χ0) is 13.1. The summed E-state index contributed by atoms with van der Waals surface area (Å²) in [4.78, 5) is 26.5. The van der Waals surface area contributed by atoms with Gasteiger partial charge in [0.2, 0.25) is 0 Å². The van der Waals surface area contributed by atoms with Gasteiger partial charge >= 0.3 is 0 Å². The number of amides is 1. The van der Waals surface area contributed by atoms with E-state index in [0.717, 1.165) is 0 Å². The Hall–Kier alpha value is -1.73. The van der Waals surface area contributed by atoms with Crippen molar-refractivity contribution in [1.29, 1.82) is 0 Å². The third kappa shape index (κ3) is 2.93. The summed E-state index contributed by atoms with van der Waals surface area (Å²) in [6.07, 6.45) is 1.48. The molecule has 0 fully saturated rings. The minimum atomic E-state index is -0.464. The predicted molar refractivity (Wildman–Crippen MR) is 69.8 cm³/mol. The van der Waals surface area contributed by atoms with Crippen molar-refractivity contribution in [3.8, 4) is 0 Å². The Labute approximate surface area is 115 Å². The molecule has 2 aromatic heterocycles. The van der Waals surface area contributed by atoms with E-state index in [4.69, 9.17) is 11.6 Å². The maximum Gasteiger partial charge on any atom is 0.264 e. The standard InChI is InChI=1S/C10H6BrClN4O2/c11-5-3-6(9(12)13-4-5)10(18)14-7-1-2-8(17)16-15-7/h1-4H,(H,16,17)(H,14,15,18). The third-order valence-electron chi connectivity index (χ3n) is 1.97. The van der Waals surface area contributed by atoms with Crippen molar-refractivity contribution >= 4 is 39.3 Å². The van der Waals surface area contributed by atoms with Gasteiger partial charge in [-0.1, -0.05) is 11.6 Å². The lowest BCUT2D eigenvalue weighted by Gasteiger charge is -2.05. The summed E-state index contributed by atoms with van der Waals surface area (Å²) in [5.74, 6) is -0.246. The molecule has 0 saturated carbocycles. The van der Waals surface area contributed by atoms with E-state index in [1.807, 2.05) is 0 Å². The van der Waals surface area contributed by atoms with Gasteiger partial charge in [0.25, 0.3) is 11.5 Å². The van der Waals surface area contributed by atoms with Crippen LogP contribution in [-0.2, 0) is 0 Å². The van der Waals surface area contributed by atoms with E-state index in [0.29, 0.717) is 4.47 Å². The molecule has 18 heavy (non-hydrogen) atoms. The number of H-pyrrole nitrogens is 1. The Morgan fingerprint density at radius 2 is 2.22 bits per heavy atom. The summed E-state index contributed by atoms with van der Waals surface area (Å²) < 4.78 is 0.631. The van der Waals surface area contributed by atoms with E-state index < -0.39 is 5.91 Å². The first-order chi connectivity index (χ1) is 8.56. The van der Waals surface area contributed by atoms with Crippen molar-refractivity contribution in [3.63, 3.8) is 0 Å². The molecule has 2 N–H and O–H groups in total. The van der Waals surface area contributed by atoms with Crippen molar-refractivity contribution < 1.29 is 4.79 Å². The van der Waals surface area contributed by atoms with Crippen LogP contribution in [0.5, 0.6) is 0 Å². The van der Waals surface area contributed by atoms with Gasteiger partial charge in [-0.2, -0.15) is 5.10 Å². The highest BCUT2D eigenvalue weighted by molar-refractivity contribution is 9.10. The summed E-state index contributed by atoms with van der Waals surface area (Å²) in [5, 5.41) is 8.43. The van der Waals surface area contributed by atoms with Crippen LogP contribution < -0.4 is 10.9 Å². The van der Waals surface area contributed by atoms with E-state index in [2.05, 4.69) is 36.4 Å². The molecule has 0 radical (unpaired) electrons. The molecular formula is C10H6BrClN4O2. The summed E-state index contributed by atoms with van der Waals surface area (Å²) in [6.45, 7) is 0. The maximum absolute atomic E-state index is 11.9. The molecule has 8 heteroatoms. The van der Waals surface area contributed by atoms with Crippen LogP contribution in [0.4, 0.5) is 5.82 Å². The monoisotopic (exact) mass is 328 g/mol. The Morgan fingerprint density at radius 1 is 1.44 bits per heavy atom. The average molecular weight is 330 g/mol. The molecule has 0 atom stereocenters. The smallest absolute Gasteiger partial charge is 0.264 e. The Bertz CT molecular complexity index is 638. The number of carbonyl (C=O) groups is 1. The number of hydrogen-bond acceptors (Lipinski definition) is 4. The lowest BCUT2D eigenvalue weighted by atomic mass is 10.2. The Morgan fingerprint density at radius 3 is 2.89 bits per heavy atom. The van der Waals surface area contributed by atoms with Crippen molar-refractivity contribution in [2.45, 2.75) is 0 Å². The number of carbonyl (C=O) groups excluding carboxylic acids is 1. The minimum Gasteiger partial charge on any atom is -0.305 e. The molecule has 0 bridgehead atoms. The van der Waals surface area contributed by atoms with Crippen LogP contribution in [0.15, 0.2) is 33.7 Å². The first-order valence-corrected chi connectivity index (χ1v) is 5.91. The Balaban J connectivity index is 2.24. The fraction of sp³-hybridized carbons (Fsp3) is 0. The molecule has 0 aromatic carbocycles. The first-order valence-electron chi connectivity index (χ1n) is 4.74. The second kappa shape index (κ2) is 5.28.